The summed E-state index contributed by atoms with van der Waals surface area (Å²) in [6, 6.07) is 7.01. The fraction of sp³-hybridized carbons (Fsp3) is 0.579. The van der Waals surface area contributed by atoms with E-state index in [2.05, 4.69) is 5.32 Å². The minimum absolute atomic E-state index is 0.0916. The van der Waals surface area contributed by atoms with E-state index in [1.54, 1.807) is 24.3 Å². The highest BCUT2D eigenvalue weighted by molar-refractivity contribution is 8.00. The summed E-state index contributed by atoms with van der Waals surface area (Å²) in [4.78, 5) is 26.4. The number of rotatable bonds is 5. The van der Waals surface area contributed by atoms with E-state index in [-0.39, 0.29) is 17.6 Å². The van der Waals surface area contributed by atoms with Crippen molar-refractivity contribution < 1.29 is 9.59 Å². The molecule has 136 valence electrons. The lowest BCUT2D eigenvalue weighted by Crippen LogP contribution is -2.45. The molecule has 1 saturated heterocycles. The first-order chi connectivity index (χ1) is 12.1. The zero-order chi connectivity index (χ0) is 17.6. The lowest BCUT2D eigenvalue weighted by atomic mass is 9.75. The molecule has 0 unspecified atom stereocenters. The predicted molar refractivity (Wildman–Crippen MR) is 104 cm³/mol. The number of nitrogens with one attached hydrogen (secondary N) is 1. The monoisotopic (exact) mass is 380 g/mol. The van der Waals surface area contributed by atoms with Crippen molar-refractivity contribution in [1.82, 2.24) is 4.90 Å². The largest absolute Gasteiger partial charge is 0.342 e. The van der Waals surface area contributed by atoms with Crippen LogP contribution in [0.1, 0.15) is 32.1 Å². The van der Waals surface area contributed by atoms with Crippen molar-refractivity contribution >= 4 is 40.9 Å². The lowest BCUT2D eigenvalue weighted by Gasteiger charge is -2.41. The van der Waals surface area contributed by atoms with Gasteiger partial charge in [-0.05, 0) is 48.9 Å². The van der Waals surface area contributed by atoms with Crippen LogP contribution in [0.4, 0.5) is 5.69 Å². The quantitative estimate of drug-likeness (QED) is 0.838. The average molecular weight is 381 g/mol. The highest BCUT2D eigenvalue weighted by Crippen LogP contribution is 2.36. The predicted octanol–water partition coefficient (Wildman–Crippen LogP) is 4.05. The van der Waals surface area contributed by atoms with Crippen LogP contribution in [-0.4, -0.2) is 41.3 Å². The number of fused-ring (bicyclic) bond motifs is 1. The van der Waals surface area contributed by atoms with Gasteiger partial charge in [-0.2, -0.15) is 0 Å². The minimum atomic E-state index is -0.0916. The molecule has 0 bridgehead atoms. The van der Waals surface area contributed by atoms with Gasteiger partial charge in [0.15, 0.2) is 0 Å². The normalized spacial score (nSPS) is 23.0. The molecule has 0 radical (unpaired) electrons. The fourth-order valence-electron chi connectivity index (χ4n) is 3.88. The minimum Gasteiger partial charge on any atom is -0.342 e. The summed E-state index contributed by atoms with van der Waals surface area (Å²) >= 11 is 7.21. The molecule has 1 N–H and O–H groups in total. The van der Waals surface area contributed by atoms with Crippen LogP contribution >= 0.6 is 23.4 Å². The maximum atomic E-state index is 12.4. The smallest absolute Gasteiger partial charge is 0.234 e. The Balaban J connectivity index is 1.37. The second-order valence-electron chi connectivity index (χ2n) is 6.98. The number of hydrogen-bond acceptors (Lipinski definition) is 3. The third-order valence-corrected chi connectivity index (χ3v) is 6.40. The van der Waals surface area contributed by atoms with Crippen LogP contribution < -0.4 is 5.32 Å². The number of amides is 2. The van der Waals surface area contributed by atoms with Crippen molar-refractivity contribution in [2.24, 2.45) is 11.8 Å². The Labute approximate surface area is 158 Å². The number of hydrogen-bond donors (Lipinski definition) is 1. The second-order valence-corrected chi connectivity index (χ2v) is 8.40. The molecule has 1 aromatic carbocycles. The van der Waals surface area contributed by atoms with Crippen LogP contribution in [0.15, 0.2) is 24.3 Å². The molecule has 1 aromatic rings. The third kappa shape index (κ3) is 5.38. The van der Waals surface area contributed by atoms with Crippen LogP contribution in [0.3, 0.4) is 0 Å². The first-order valence-electron chi connectivity index (χ1n) is 9.03. The molecule has 25 heavy (non-hydrogen) atoms. The van der Waals surface area contributed by atoms with Gasteiger partial charge in [0, 0.05) is 23.8 Å². The number of halogens is 1. The number of carbonyl (C=O) groups excluding carboxylic acids is 2. The number of likely N-dealkylation sites (tertiary alicyclic amines) is 1. The Bertz CT molecular complexity index is 608. The van der Waals surface area contributed by atoms with E-state index in [9.17, 15) is 9.59 Å². The molecule has 3 rings (SSSR count). The standard InChI is InChI=1S/C19H25ClN2O2S/c20-16-5-7-17(8-6-16)21-18(23)12-25-13-19(24)22-10-9-14-3-1-2-4-15(14)11-22/h5-8,14-15H,1-4,9-13H2,(H,21,23)/t14-,15-/m0/s1. The molecular formula is C19H25ClN2O2S. The Morgan fingerprint density at radius 3 is 2.56 bits per heavy atom. The number of piperidine rings is 1. The van der Waals surface area contributed by atoms with Gasteiger partial charge in [0.2, 0.25) is 11.8 Å². The van der Waals surface area contributed by atoms with Gasteiger partial charge in [-0.3, -0.25) is 9.59 Å². The molecular weight excluding hydrogens is 356 g/mol. The molecule has 2 fully saturated rings. The van der Waals surface area contributed by atoms with Crippen molar-refractivity contribution in [3.05, 3.63) is 29.3 Å². The summed E-state index contributed by atoms with van der Waals surface area (Å²) in [5, 5.41) is 3.45. The summed E-state index contributed by atoms with van der Waals surface area (Å²) in [6.45, 7) is 1.80. The van der Waals surface area contributed by atoms with Crippen molar-refractivity contribution in [3.63, 3.8) is 0 Å². The number of nitrogens with zero attached hydrogens (tertiary/aromatic N) is 1. The van der Waals surface area contributed by atoms with E-state index in [4.69, 9.17) is 11.6 Å². The maximum Gasteiger partial charge on any atom is 0.234 e. The van der Waals surface area contributed by atoms with Gasteiger partial charge < -0.3 is 10.2 Å². The van der Waals surface area contributed by atoms with E-state index in [0.717, 1.165) is 31.1 Å². The topological polar surface area (TPSA) is 49.4 Å². The van der Waals surface area contributed by atoms with Crippen LogP contribution in [0.2, 0.25) is 5.02 Å². The first-order valence-corrected chi connectivity index (χ1v) is 10.6. The SMILES string of the molecule is O=C(CSCC(=O)N1CC[C@@H]2CCCC[C@H]2C1)Nc1ccc(Cl)cc1. The van der Waals surface area contributed by atoms with Gasteiger partial charge in [0.25, 0.3) is 0 Å². The summed E-state index contributed by atoms with van der Waals surface area (Å²) in [5.41, 5.74) is 0.723. The van der Waals surface area contributed by atoms with Crippen molar-refractivity contribution in [2.75, 3.05) is 29.9 Å². The summed E-state index contributed by atoms with van der Waals surface area (Å²) in [7, 11) is 0. The van der Waals surface area contributed by atoms with Crippen LogP contribution in [0.5, 0.6) is 0 Å². The molecule has 1 aliphatic carbocycles. The Morgan fingerprint density at radius 1 is 1.08 bits per heavy atom. The molecule has 1 aliphatic heterocycles. The van der Waals surface area contributed by atoms with E-state index in [1.807, 2.05) is 4.90 Å². The first kappa shape index (κ1) is 18.6. The second kappa shape index (κ2) is 8.95. The molecule has 2 atom stereocenters. The molecule has 0 spiro atoms. The van der Waals surface area contributed by atoms with Crippen molar-refractivity contribution in [1.29, 1.82) is 0 Å². The Hall–Kier alpha value is -1.20. The number of anilines is 1. The highest BCUT2D eigenvalue weighted by atomic mass is 35.5. The van der Waals surface area contributed by atoms with Gasteiger partial charge in [-0.15, -0.1) is 11.8 Å². The van der Waals surface area contributed by atoms with Crippen LogP contribution in [0.25, 0.3) is 0 Å². The van der Waals surface area contributed by atoms with Gasteiger partial charge in [-0.25, -0.2) is 0 Å². The summed E-state index contributed by atoms with van der Waals surface area (Å²) in [6.07, 6.45) is 6.42. The Morgan fingerprint density at radius 2 is 1.80 bits per heavy atom. The average Bonchev–Trinajstić information content (AvgIpc) is 2.63. The molecule has 4 nitrogen and oxygen atoms in total. The molecule has 2 amide bonds. The van der Waals surface area contributed by atoms with Crippen molar-refractivity contribution in [3.8, 4) is 0 Å². The summed E-state index contributed by atoms with van der Waals surface area (Å²) in [5.74, 6) is 2.28. The number of benzene rings is 1. The van der Waals surface area contributed by atoms with E-state index in [1.165, 1.54) is 37.4 Å². The summed E-state index contributed by atoms with van der Waals surface area (Å²) < 4.78 is 0. The maximum absolute atomic E-state index is 12.4. The third-order valence-electron chi connectivity index (χ3n) is 5.23. The molecule has 1 saturated carbocycles. The van der Waals surface area contributed by atoms with Gasteiger partial charge >= 0.3 is 0 Å². The van der Waals surface area contributed by atoms with Crippen molar-refractivity contribution in [2.45, 2.75) is 32.1 Å². The van der Waals surface area contributed by atoms with Gasteiger partial charge in [-0.1, -0.05) is 30.9 Å². The fourth-order valence-corrected chi connectivity index (χ4v) is 4.72. The van der Waals surface area contributed by atoms with E-state index in [0.29, 0.717) is 16.7 Å². The van der Waals surface area contributed by atoms with Gasteiger partial charge in [0.05, 0.1) is 11.5 Å². The van der Waals surface area contributed by atoms with Gasteiger partial charge in [0.1, 0.15) is 0 Å². The number of thioether (sulfide) groups is 1. The molecule has 0 aromatic heterocycles. The molecule has 6 heteroatoms. The van der Waals surface area contributed by atoms with E-state index < -0.39 is 0 Å². The number of carbonyl (C=O) groups is 2. The zero-order valence-electron chi connectivity index (χ0n) is 14.4. The van der Waals surface area contributed by atoms with Crippen LogP contribution in [-0.2, 0) is 9.59 Å². The van der Waals surface area contributed by atoms with E-state index >= 15 is 0 Å². The Kier molecular flexibility index (Phi) is 6.65. The van der Waals surface area contributed by atoms with Crippen LogP contribution in [0, 0.1) is 11.8 Å². The lowest BCUT2D eigenvalue weighted by molar-refractivity contribution is -0.131. The zero-order valence-corrected chi connectivity index (χ0v) is 16.0. The molecule has 2 aliphatic rings. The highest BCUT2D eigenvalue weighted by Gasteiger charge is 2.32. The molecule has 1 heterocycles.